The number of Topliss-reactive ketones (excluding diaryl/α,β-unsaturated/α-hetero) is 1. The lowest BCUT2D eigenvalue weighted by Gasteiger charge is -2.13. The average molecular weight is 350 g/mol. The average Bonchev–Trinajstić information content (AvgIpc) is 2.89. The molecular weight excluding hydrogens is 326 g/mol. The highest BCUT2D eigenvalue weighted by atomic mass is 35.5. The van der Waals surface area contributed by atoms with Gasteiger partial charge in [0.15, 0.2) is 5.78 Å². The van der Waals surface area contributed by atoms with Gasteiger partial charge in [-0.25, -0.2) is 0 Å². The normalized spacial score (nSPS) is 11.5. The van der Waals surface area contributed by atoms with Crippen molar-refractivity contribution < 1.29 is 9.59 Å². The fourth-order valence-electron chi connectivity index (χ4n) is 2.81. The molecule has 1 aromatic carbocycles. The molecule has 1 amide bonds. The van der Waals surface area contributed by atoms with Gasteiger partial charge in [-0.2, -0.15) is 0 Å². The molecule has 130 valence electrons. The van der Waals surface area contributed by atoms with Gasteiger partial charge in [-0.1, -0.05) is 37.3 Å². The molecule has 0 bridgehead atoms. The maximum Gasteiger partial charge on any atom is 0.268 e. The summed E-state index contributed by atoms with van der Waals surface area (Å²) in [5.41, 5.74) is 9.63. The van der Waals surface area contributed by atoms with Crippen molar-refractivity contribution in [3.63, 3.8) is 0 Å². The molecule has 1 atom stereocenters. The molecule has 2 aromatic rings. The van der Waals surface area contributed by atoms with E-state index in [1.165, 1.54) is 6.92 Å². The van der Waals surface area contributed by atoms with E-state index in [0.717, 1.165) is 16.8 Å². The fraction of sp³-hybridized carbons (Fsp3) is 0.333. The number of ketones is 1. The number of H-pyrrole nitrogens is 1. The Hall–Kier alpha value is -2.11. The maximum atomic E-state index is 12.4. The molecule has 0 saturated carbocycles. The topological polar surface area (TPSA) is 88.0 Å². The number of aromatic amines is 1. The Morgan fingerprint density at radius 1 is 1.25 bits per heavy atom. The van der Waals surface area contributed by atoms with E-state index in [4.69, 9.17) is 5.73 Å². The largest absolute Gasteiger partial charge is 0.354 e. The smallest absolute Gasteiger partial charge is 0.268 e. The summed E-state index contributed by atoms with van der Waals surface area (Å²) < 4.78 is 0. The SMILES string of the molecule is CCc1c(C(=O)NCC(N)c2ccccc2)[nH]c(C)c1C(C)=O.Cl. The zero-order valence-corrected chi connectivity index (χ0v) is 15.0. The summed E-state index contributed by atoms with van der Waals surface area (Å²) in [5.74, 6) is -0.264. The quantitative estimate of drug-likeness (QED) is 0.700. The Labute approximate surface area is 148 Å². The van der Waals surface area contributed by atoms with Crippen LogP contribution in [0.25, 0.3) is 0 Å². The first-order chi connectivity index (χ1) is 11.0. The molecule has 24 heavy (non-hydrogen) atoms. The van der Waals surface area contributed by atoms with Crippen molar-refractivity contribution in [2.45, 2.75) is 33.2 Å². The van der Waals surface area contributed by atoms with Gasteiger partial charge < -0.3 is 16.0 Å². The van der Waals surface area contributed by atoms with Crippen LogP contribution in [-0.4, -0.2) is 23.2 Å². The third-order valence-electron chi connectivity index (χ3n) is 3.93. The van der Waals surface area contributed by atoms with Crippen molar-refractivity contribution in [2.24, 2.45) is 5.73 Å². The van der Waals surface area contributed by atoms with Gasteiger partial charge in [-0.3, -0.25) is 9.59 Å². The maximum absolute atomic E-state index is 12.4. The molecule has 0 saturated heterocycles. The minimum atomic E-state index is -0.270. The zero-order chi connectivity index (χ0) is 17.0. The number of carbonyl (C=O) groups excluding carboxylic acids is 2. The number of aromatic nitrogens is 1. The second kappa shape index (κ2) is 8.66. The monoisotopic (exact) mass is 349 g/mol. The molecule has 4 N–H and O–H groups in total. The third-order valence-corrected chi connectivity index (χ3v) is 3.93. The summed E-state index contributed by atoms with van der Waals surface area (Å²) in [6.07, 6.45) is 0.618. The summed E-state index contributed by atoms with van der Waals surface area (Å²) in [6, 6.07) is 9.35. The standard InChI is InChI=1S/C18H23N3O2.ClH/c1-4-14-16(12(3)22)11(2)21-17(14)18(23)20-10-15(19)13-8-6-5-7-9-13;/h5-9,15,21H,4,10,19H2,1-3H3,(H,20,23);1H. The molecule has 6 heteroatoms. The van der Waals surface area contributed by atoms with Crippen molar-refractivity contribution in [2.75, 3.05) is 6.54 Å². The molecular formula is C18H24ClN3O2. The van der Waals surface area contributed by atoms with Gasteiger partial charge in [0, 0.05) is 23.8 Å². The number of amides is 1. The van der Waals surface area contributed by atoms with E-state index >= 15 is 0 Å². The Bertz CT molecular complexity index is 711. The van der Waals surface area contributed by atoms with E-state index in [9.17, 15) is 9.59 Å². The summed E-state index contributed by atoms with van der Waals surface area (Å²) in [7, 11) is 0. The van der Waals surface area contributed by atoms with E-state index < -0.39 is 0 Å². The highest BCUT2D eigenvalue weighted by Crippen LogP contribution is 2.20. The lowest BCUT2D eigenvalue weighted by atomic mass is 10.0. The molecule has 1 heterocycles. The summed E-state index contributed by atoms with van der Waals surface area (Å²) in [4.78, 5) is 27.2. The predicted octanol–water partition coefficient (Wildman–Crippen LogP) is 2.94. The molecule has 0 fully saturated rings. The molecule has 1 unspecified atom stereocenters. The van der Waals surface area contributed by atoms with Gasteiger partial charge in [0.05, 0.1) is 0 Å². The molecule has 0 spiro atoms. The van der Waals surface area contributed by atoms with Crippen LogP contribution in [0.15, 0.2) is 30.3 Å². The lowest BCUT2D eigenvalue weighted by Crippen LogP contribution is -2.32. The Morgan fingerprint density at radius 2 is 1.88 bits per heavy atom. The van der Waals surface area contributed by atoms with E-state index in [2.05, 4.69) is 10.3 Å². The Morgan fingerprint density at radius 3 is 2.42 bits per heavy atom. The van der Waals surface area contributed by atoms with Gasteiger partial charge in [0.1, 0.15) is 5.69 Å². The van der Waals surface area contributed by atoms with Crippen LogP contribution in [0.4, 0.5) is 0 Å². The van der Waals surface area contributed by atoms with Crippen LogP contribution in [0, 0.1) is 6.92 Å². The first-order valence-electron chi connectivity index (χ1n) is 7.76. The summed E-state index contributed by atoms with van der Waals surface area (Å²) >= 11 is 0. The molecule has 2 rings (SSSR count). The van der Waals surface area contributed by atoms with E-state index in [0.29, 0.717) is 24.2 Å². The first-order valence-corrected chi connectivity index (χ1v) is 7.76. The number of rotatable bonds is 6. The molecule has 0 aliphatic carbocycles. The van der Waals surface area contributed by atoms with Crippen molar-refractivity contribution in [1.82, 2.24) is 10.3 Å². The molecule has 0 radical (unpaired) electrons. The minimum Gasteiger partial charge on any atom is -0.354 e. The zero-order valence-electron chi connectivity index (χ0n) is 14.2. The van der Waals surface area contributed by atoms with Crippen LogP contribution < -0.4 is 11.1 Å². The van der Waals surface area contributed by atoms with E-state index in [1.54, 1.807) is 0 Å². The highest BCUT2D eigenvalue weighted by Gasteiger charge is 2.21. The summed E-state index contributed by atoms with van der Waals surface area (Å²) in [6.45, 7) is 5.59. The van der Waals surface area contributed by atoms with Gasteiger partial charge >= 0.3 is 0 Å². The lowest BCUT2D eigenvalue weighted by molar-refractivity contribution is 0.0945. The van der Waals surface area contributed by atoms with Crippen LogP contribution >= 0.6 is 12.4 Å². The number of nitrogens with one attached hydrogen (secondary N) is 2. The highest BCUT2D eigenvalue weighted by molar-refractivity contribution is 6.02. The summed E-state index contributed by atoms with van der Waals surface area (Å²) in [5, 5.41) is 2.84. The molecule has 0 aliphatic rings. The minimum absolute atomic E-state index is 0. The fourth-order valence-corrected chi connectivity index (χ4v) is 2.81. The van der Waals surface area contributed by atoms with Crippen LogP contribution in [0.1, 0.15) is 57.6 Å². The third kappa shape index (κ3) is 4.24. The number of halogens is 1. The van der Waals surface area contributed by atoms with Gasteiger partial charge in [-0.05, 0) is 31.4 Å². The van der Waals surface area contributed by atoms with Crippen molar-refractivity contribution in [1.29, 1.82) is 0 Å². The number of hydrogen-bond acceptors (Lipinski definition) is 3. The Balaban J connectivity index is 0.00000288. The molecule has 5 nitrogen and oxygen atoms in total. The predicted molar refractivity (Wildman–Crippen MR) is 97.9 cm³/mol. The Kier molecular flexibility index (Phi) is 7.19. The van der Waals surface area contributed by atoms with Crippen LogP contribution in [-0.2, 0) is 6.42 Å². The van der Waals surface area contributed by atoms with Crippen LogP contribution in [0.5, 0.6) is 0 Å². The van der Waals surface area contributed by atoms with Crippen molar-refractivity contribution in [3.05, 3.63) is 58.4 Å². The second-order valence-corrected chi connectivity index (χ2v) is 5.62. The first kappa shape index (κ1) is 19.9. The van der Waals surface area contributed by atoms with E-state index in [-0.39, 0.29) is 30.1 Å². The van der Waals surface area contributed by atoms with Crippen molar-refractivity contribution >= 4 is 24.1 Å². The molecule has 0 aliphatic heterocycles. The van der Waals surface area contributed by atoms with Gasteiger partial charge in [-0.15, -0.1) is 12.4 Å². The number of benzene rings is 1. The van der Waals surface area contributed by atoms with Crippen LogP contribution in [0.3, 0.4) is 0 Å². The van der Waals surface area contributed by atoms with Gasteiger partial charge in [0.2, 0.25) is 0 Å². The number of carbonyl (C=O) groups is 2. The van der Waals surface area contributed by atoms with Crippen LogP contribution in [0.2, 0.25) is 0 Å². The number of nitrogens with two attached hydrogens (primary N) is 1. The number of aryl methyl sites for hydroxylation is 1. The van der Waals surface area contributed by atoms with Gasteiger partial charge in [0.25, 0.3) is 5.91 Å². The van der Waals surface area contributed by atoms with Crippen molar-refractivity contribution in [3.8, 4) is 0 Å². The second-order valence-electron chi connectivity index (χ2n) is 5.62. The number of hydrogen-bond donors (Lipinski definition) is 3. The molecule has 1 aromatic heterocycles. The van der Waals surface area contributed by atoms with E-state index in [1.807, 2.05) is 44.2 Å².